The van der Waals surface area contributed by atoms with E-state index in [-0.39, 0.29) is 18.3 Å². The highest BCUT2D eigenvalue weighted by molar-refractivity contribution is 5.84. The van der Waals surface area contributed by atoms with Gasteiger partial charge in [-0.05, 0) is 31.7 Å². The molecule has 144 valence electrons. The minimum Gasteiger partial charge on any atom is -0.467 e. The minimum atomic E-state index is -0.476. The van der Waals surface area contributed by atoms with Gasteiger partial charge in [-0.15, -0.1) is 10.2 Å². The Hall–Kier alpha value is -2.70. The standard InChI is InChI=1S/C20H25N3O4/c1-14-6-5-7-15(12-14)13-18-22-21-17(27-18)9-10-19(24)23-11-4-3-8-16(23)20(25)26-2/h5-7,12,16H,3-4,8-11,13H2,1-2H3/t16-/m0/s1. The lowest BCUT2D eigenvalue weighted by Crippen LogP contribution is -2.48. The van der Waals surface area contributed by atoms with Crippen molar-refractivity contribution in [3.63, 3.8) is 0 Å². The number of hydrogen-bond donors (Lipinski definition) is 0. The van der Waals surface area contributed by atoms with Gasteiger partial charge in [0.25, 0.3) is 0 Å². The summed E-state index contributed by atoms with van der Waals surface area (Å²) in [4.78, 5) is 26.1. The first-order valence-electron chi connectivity index (χ1n) is 9.31. The molecule has 0 saturated carbocycles. The molecule has 7 nitrogen and oxygen atoms in total. The number of ether oxygens (including phenoxy) is 1. The van der Waals surface area contributed by atoms with E-state index in [1.54, 1.807) is 4.90 Å². The highest BCUT2D eigenvalue weighted by atomic mass is 16.5. The normalized spacial score (nSPS) is 17.0. The summed E-state index contributed by atoms with van der Waals surface area (Å²) in [5, 5.41) is 8.12. The lowest BCUT2D eigenvalue weighted by Gasteiger charge is -2.33. The highest BCUT2D eigenvalue weighted by Crippen LogP contribution is 2.20. The van der Waals surface area contributed by atoms with Gasteiger partial charge in [-0.2, -0.15) is 0 Å². The van der Waals surface area contributed by atoms with E-state index in [2.05, 4.69) is 16.3 Å². The molecule has 0 spiro atoms. The number of benzene rings is 1. The monoisotopic (exact) mass is 371 g/mol. The molecule has 0 aliphatic carbocycles. The fraction of sp³-hybridized carbons (Fsp3) is 0.500. The number of rotatable bonds is 6. The third kappa shape index (κ3) is 4.93. The molecule has 0 N–H and O–H groups in total. The zero-order chi connectivity index (χ0) is 19.2. The SMILES string of the molecule is COC(=O)[C@@H]1CCCCN1C(=O)CCc1nnc(Cc2cccc(C)c2)o1. The van der Waals surface area contributed by atoms with E-state index < -0.39 is 6.04 Å². The second-order valence-electron chi connectivity index (χ2n) is 6.88. The van der Waals surface area contributed by atoms with Gasteiger partial charge in [0.1, 0.15) is 6.04 Å². The molecule has 1 amide bonds. The molecule has 1 aromatic carbocycles. The average Bonchev–Trinajstić information content (AvgIpc) is 3.12. The van der Waals surface area contributed by atoms with Crippen LogP contribution in [0.1, 0.15) is 48.6 Å². The number of aromatic nitrogens is 2. The Balaban J connectivity index is 1.56. The third-order valence-corrected chi connectivity index (χ3v) is 4.80. The van der Waals surface area contributed by atoms with Gasteiger partial charge in [-0.25, -0.2) is 4.79 Å². The number of aryl methyl sites for hydroxylation is 2. The van der Waals surface area contributed by atoms with Crippen LogP contribution in [0, 0.1) is 6.92 Å². The molecule has 2 heterocycles. The largest absolute Gasteiger partial charge is 0.467 e. The molecule has 1 fully saturated rings. The van der Waals surface area contributed by atoms with Crippen molar-refractivity contribution in [3.05, 3.63) is 47.2 Å². The van der Waals surface area contributed by atoms with Crippen LogP contribution in [-0.4, -0.2) is 46.7 Å². The second kappa shape index (κ2) is 8.79. The Kier molecular flexibility index (Phi) is 6.21. The van der Waals surface area contributed by atoms with E-state index in [0.29, 0.717) is 37.6 Å². The molecular formula is C20H25N3O4. The summed E-state index contributed by atoms with van der Waals surface area (Å²) in [6.45, 7) is 2.62. The molecule has 27 heavy (non-hydrogen) atoms. The van der Waals surface area contributed by atoms with Crippen LogP contribution >= 0.6 is 0 Å². The number of hydrogen-bond acceptors (Lipinski definition) is 6. The van der Waals surface area contributed by atoms with Crippen molar-refractivity contribution in [3.8, 4) is 0 Å². The average molecular weight is 371 g/mol. The van der Waals surface area contributed by atoms with E-state index in [0.717, 1.165) is 18.4 Å². The van der Waals surface area contributed by atoms with Crippen LogP contribution in [-0.2, 0) is 27.2 Å². The van der Waals surface area contributed by atoms with Gasteiger partial charge in [-0.3, -0.25) is 4.79 Å². The predicted octanol–water partition coefficient (Wildman–Crippen LogP) is 2.46. The number of carbonyl (C=O) groups excluding carboxylic acids is 2. The summed E-state index contributed by atoms with van der Waals surface area (Å²) in [7, 11) is 1.35. The van der Waals surface area contributed by atoms with Crippen LogP contribution in [0.25, 0.3) is 0 Å². The first-order valence-corrected chi connectivity index (χ1v) is 9.31. The van der Waals surface area contributed by atoms with Gasteiger partial charge in [-0.1, -0.05) is 29.8 Å². The summed E-state index contributed by atoms with van der Waals surface area (Å²) in [5.41, 5.74) is 2.29. The molecule has 0 unspecified atom stereocenters. The smallest absolute Gasteiger partial charge is 0.328 e. The van der Waals surface area contributed by atoms with Crippen LogP contribution in [0.15, 0.2) is 28.7 Å². The van der Waals surface area contributed by atoms with E-state index >= 15 is 0 Å². The minimum absolute atomic E-state index is 0.0801. The molecule has 1 atom stereocenters. The van der Waals surface area contributed by atoms with Crippen LogP contribution < -0.4 is 0 Å². The Morgan fingerprint density at radius 3 is 2.85 bits per heavy atom. The van der Waals surface area contributed by atoms with E-state index in [9.17, 15) is 9.59 Å². The van der Waals surface area contributed by atoms with Gasteiger partial charge < -0.3 is 14.1 Å². The van der Waals surface area contributed by atoms with Gasteiger partial charge >= 0.3 is 5.97 Å². The van der Waals surface area contributed by atoms with Gasteiger partial charge in [0, 0.05) is 19.4 Å². The lowest BCUT2D eigenvalue weighted by atomic mass is 10.0. The Labute approximate surface area is 158 Å². The number of carbonyl (C=O) groups is 2. The van der Waals surface area contributed by atoms with Crippen LogP contribution in [0.4, 0.5) is 0 Å². The van der Waals surface area contributed by atoms with Crippen molar-refractivity contribution in [1.82, 2.24) is 15.1 Å². The highest BCUT2D eigenvalue weighted by Gasteiger charge is 2.32. The maximum atomic E-state index is 12.6. The third-order valence-electron chi connectivity index (χ3n) is 4.80. The van der Waals surface area contributed by atoms with Crippen LogP contribution in [0.3, 0.4) is 0 Å². The van der Waals surface area contributed by atoms with Crippen LogP contribution in [0.2, 0.25) is 0 Å². The number of amides is 1. The summed E-state index contributed by atoms with van der Waals surface area (Å²) in [6.07, 6.45) is 3.65. The van der Waals surface area contributed by atoms with Crippen molar-refractivity contribution in [1.29, 1.82) is 0 Å². The molecule has 1 saturated heterocycles. The van der Waals surface area contributed by atoms with Gasteiger partial charge in [0.05, 0.1) is 13.5 Å². The Morgan fingerprint density at radius 2 is 2.07 bits per heavy atom. The number of esters is 1. The Morgan fingerprint density at radius 1 is 1.26 bits per heavy atom. The van der Waals surface area contributed by atoms with Gasteiger partial charge in [0.2, 0.25) is 17.7 Å². The van der Waals surface area contributed by atoms with E-state index in [4.69, 9.17) is 9.15 Å². The zero-order valence-corrected chi connectivity index (χ0v) is 15.8. The van der Waals surface area contributed by atoms with Crippen molar-refractivity contribution in [2.24, 2.45) is 0 Å². The molecule has 7 heteroatoms. The fourth-order valence-electron chi connectivity index (χ4n) is 3.43. The summed E-state index contributed by atoms with van der Waals surface area (Å²) < 4.78 is 10.5. The molecule has 2 aromatic rings. The van der Waals surface area contributed by atoms with Crippen LogP contribution in [0.5, 0.6) is 0 Å². The maximum absolute atomic E-state index is 12.6. The predicted molar refractivity (Wildman–Crippen MR) is 98.0 cm³/mol. The van der Waals surface area contributed by atoms with E-state index in [1.165, 1.54) is 12.7 Å². The van der Waals surface area contributed by atoms with Crippen molar-refractivity contribution in [2.75, 3.05) is 13.7 Å². The summed E-state index contributed by atoms with van der Waals surface area (Å²) in [5.74, 6) is 0.552. The number of methoxy groups -OCH3 is 1. The summed E-state index contributed by atoms with van der Waals surface area (Å²) in [6, 6.07) is 7.66. The molecule has 0 radical (unpaired) electrons. The topological polar surface area (TPSA) is 85.5 Å². The molecule has 1 aliphatic rings. The fourth-order valence-corrected chi connectivity index (χ4v) is 3.43. The van der Waals surface area contributed by atoms with Gasteiger partial charge in [0.15, 0.2) is 0 Å². The maximum Gasteiger partial charge on any atom is 0.328 e. The Bertz CT molecular complexity index is 802. The molecule has 0 bridgehead atoms. The molecule has 3 rings (SSSR count). The number of piperidine rings is 1. The number of likely N-dealkylation sites (tertiary alicyclic amines) is 1. The molecule has 1 aromatic heterocycles. The van der Waals surface area contributed by atoms with Crippen molar-refractivity contribution < 1.29 is 18.7 Å². The summed E-state index contributed by atoms with van der Waals surface area (Å²) >= 11 is 0. The lowest BCUT2D eigenvalue weighted by molar-refractivity contribution is -0.154. The quantitative estimate of drug-likeness (QED) is 0.725. The zero-order valence-electron chi connectivity index (χ0n) is 15.8. The molecule has 1 aliphatic heterocycles. The first kappa shape index (κ1) is 19.1. The van der Waals surface area contributed by atoms with E-state index in [1.807, 2.05) is 25.1 Å². The molecular weight excluding hydrogens is 346 g/mol. The second-order valence-corrected chi connectivity index (χ2v) is 6.88. The number of nitrogens with zero attached hydrogens (tertiary/aromatic N) is 3. The first-order chi connectivity index (χ1) is 13.1. The van der Waals surface area contributed by atoms with Crippen molar-refractivity contribution in [2.45, 2.75) is 51.5 Å². The van der Waals surface area contributed by atoms with Crippen molar-refractivity contribution >= 4 is 11.9 Å².